The van der Waals surface area contributed by atoms with Crippen molar-refractivity contribution in [1.82, 2.24) is 20.6 Å². The first-order valence-electron chi connectivity index (χ1n) is 7.38. The molecule has 0 saturated carbocycles. The number of aryl methyl sites for hydroxylation is 1. The molecule has 0 spiro atoms. The quantitative estimate of drug-likeness (QED) is 0.813. The van der Waals surface area contributed by atoms with Crippen LogP contribution in [0.3, 0.4) is 0 Å². The van der Waals surface area contributed by atoms with E-state index in [4.69, 9.17) is 23.2 Å². The van der Waals surface area contributed by atoms with E-state index in [1.165, 1.54) is 6.07 Å². The Labute approximate surface area is 150 Å². The zero-order valence-electron chi connectivity index (χ0n) is 13.6. The molecule has 0 aliphatic carbocycles. The lowest BCUT2D eigenvalue weighted by Gasteiger charge is -2.08. The summed E-state index contributed by atoms with van der Waals surface area (Å²) in [6.45, 7) is 6.34. The second-order valence-electron chi connectivity index (χ2n) is 5.75. The Bertz CT molecular complexity index is 771. The van der Waals surface area contributed by atoms with Gasteiger partial charge in [-0.3, -0.25) is 25.1 Å². The molecule has 2 N–H and O–H groups in total. The topological polar surface area (TPSA) is 76.0 Å². The predicted octanol–water partition coefficient (Wildman–Crippen LogP) is 3.23. The van der Waals surface area contributed by atoms with Crippen molar-refractivity contribution in [3.8, 4) is 0 Å². The molecule has 0 aliphatic rings. The number of carbonyl (C=O) groups excluding carboxylic acids is 2. The van der Waals surface area contributed by atoms with E-state index in [-0.39, 0.29) is 10.7 Å². The third-order valence-corrected chi connectivity index (χ3v) is 3.83. The summed E-state index contributed by atoms with van der Waals surface area (Å²) in [5.74, 6) is -0.669. The van der Waals surface area contributed by atoms with E-state index in [9.17, 15) is 9.59 Å². The van der Waals surface area contributed by atoms with Gasteiger partial charge in [-0.15, -0.1) is 0 Å². The molecule has 2 aromatic rings. The predicted molar refractivity (Wildman–Crippen MR) is 93.2 cm³/mol. The molecule has 0 fully saturated rings. The second kappa shape index (κ2) is 7.68. The van der Waals surface area contributed by atoms with Gasteiger partial charge in [0.15, 0.2) is 0 Å². The monoisotopic (exact) mass is 368 g/mol. The fourth-order valence-electron chi connectivity index (χ4n) is 2.16. The Morgan fingerprint density at radius 3 is 2.50 bits per heavy atom. The first-order chi connectivity index (χ1) is 11.3. The van der Waals surface area contributed by atoms with Crippen molar-refractivity contribution in [3.05, 3.63) is 51.3 Å². The molecule has 2 amide bonds. The Morgan fingerprint density at radius 2 is 1.88 bits per heavy atom. The molecule has 128 valence electrons. The molecule has 0 aliphatic heterocycles. The molecule has 0 atom stereocenters. The molecule has 1 heterocycles. The summed E-state index contributed by atoms with van der Waals surface area (Å²) < 4.78 is 1.58. The van der Waals surface area contributed by atoms with E-state index in [0.717, 1.165) is 0 Å². The van der Waals surface area contributed by atoms with Gasteiger partial charge in [-0.1, -0.05) is 43.1 Å². The third kappa shape index (κ3) is 4.27. The lowest BCUT2D eigenvalue weighted by Crippen LogP contribution is -2.41. The highest BCUT2D eigenvalue weighted by atomic mass is 35.5. The van der Waals surface area contributed by atoms with Crippen molar-refractivity contribution in [2.75, 3.05) is 0 Å². The molecule has 0 unspecified atom stereocenters. The minimum atomic E-state index is -0.525. The number of halogens is 2. The van der Waals surface area contributed by atoms with Crippen LogP contribution in [-0.4, -0.2) is 21.6 Å². The van der Waals surface area contributed by atoms with Crippen molar-refractivity contribution >= 4 is 35.0 Å². The van der Waals surface area contributed by atoms with E-state index in [1.54, 1.807) is 29.8 Å². The Kier molecular flexibility index (Phi) is 5.85. The molecular formula is C16H18Cl2N4O2. The minimum absolute atomic E-state index is 0.240. The molecule has 2 rings (SSSR count). The number of hydrogen-bond acceptors (Lipinski definition) is 3. The van der Waals surface area contributed by atoms with Crippen molar-refractivity contribution in [1.29, 1.82) is 0 Å². The van der Waals surface area contributed by atoms with Gasteiger partial charge in [0.05, 0.1) is 5.69 Å². The zero-order chi connectivity index (χ0) is 17.9. The number of hydrazine groups is 1. The maximum Gasteiger partial charge on any atom is 0.274 e. The molecule has 6 nitrogen and oxygen atoms in total. The van der Waals surface area contributed by atoms with Crippen LogP contribution >= 0.6 is 23.2 Å². The summed E-state index contributed by atoms with van der Waals surface area (Å²) in [6, 6.07) is 6.40. The average Bonchev–Trinajstić information content (AvgIpc) is 2.78. The highest BCUT2D eigenvalue weighted by Gasteiger charge is 2.21. The first-order valence-corrected chi connectivity index (χ1v) is 8.14. The van der Waals surface area contributed by atoms with Gasteiger partial charge in [0.25, 0.3) is 11.8 Å². The summed E-state index contributed by atoms with van der Waals surface area (Å²) in [4.78, 5) is 24.3. The number of hydrogen-bond donors (Lipinski definition) is 2. The molecule has 8 heteroatoms. The van der Waals surface area contributed by atoms with Crippen molar-refractivity contribution in [2.45, 2.75) is 27.3 Å². The fraction of sp³-hybridized carbons (Fsp3) is 0.312. The Balaban J connectivity index is 2.08. The molecule has 0 saturated heterocycles. The summed E-state index contributed by atoms with van der Waals surface area (Å²) in [5.41, 5.74) is 5.75. The summed E-state index contributed by atoms with van der Waals surface area (Å²) in [7, 11) is 0. The van der Waals surface area contributed by atoms with E-state index in [0.29, 0.717) is 28.7 Å². The van der Waals surface area contributed by atoms with Crippen LogP contribution in [0.1, 0.15) is 40.3 Å². The van der Waals surface area contributed by atoms with Crippen molar-refractivity contribution < 1.29 is 9.59 Å². The normalized spacial score (nSPS) is 10.8. The van der Waals surface area contributed by atoms with E-state index < -0.39 is 11.8 Å². The van der Waals surface area contributed by atoms with Gasteiger partial charge < -0.3 is 0 Å². The number of amides is 2. The van der Waals surface area contributed by atoms with Gasteiger partial charge in [-0.2, -0.15) is 5.10 Å². The first kappa shape index (κ1) is 18.3. The largest absolute Gasteiger partial charge is 0.274 e. The lowest BCUT2D eigenvalue weighted by atomic mass is 10.2. The maximum atomic E-state index is 12.3. The molecular weight excluding hydrogens is 351 g/mol. The second-order valence-corrected chi connectivity index (χ2v) is 6.54. The van der Waals surface area contributed by atoms with Crippen LogP contribution in [0.25, 0.3) is 0 Å². The van der Waals surface area contributed by atoms with E-state index in [1.807, 2.05) is 13.8 Å². The maximum absolute atomic E-state index is 12.3. The van der Waals surface area contributed by atoms with Crippen molar-refractivity contribution in [3.63, 3.8) is 0 Å². The third-order valence-electron chi connectivity index (χ3n) is 3.21. The Hall–Kier alpha value is -2.05. The summed E-state index contributed by atoms with van der Waals surface area (Å²) in [6.07, 6.45) is 0. The van der Waals surface area contributed by atoms with Gasteiger partial charge in [-0.05, 0) is 31.0 Å². The van der Waals surface area contributed by atoms with Crippen LogP contribution in [0.15, 0.2) is 24.3 Å². The number of benzene rings is 1. The zero-order valence-corrected chi connectivity index (χ0v) is 15.1. The number of rotatable bonds is 4. The molecule has 0 bridgehead atoms. The van der Waals surface area contributed by atoms with Crippen LogP contribution in [0.4, 0.5) is 0 Å². The molecule has 0 radical (unpaired) electrons. The van der Waals surface area contributed by atoms with E-state index >= 15 is 0 Å². The summed E-state index contributed by atoms with van der Waals surface area (Å²) in [5, 5.41) is 4.94. The van der Waals surface area contributed by atoms with Crippen LogP contribution in [0.5, 0.6) is 0 Å². The molecule has 24 heavy (non-hydrogen) atoms. The Morgan fingerprint density at radius 1 is 1.21 bits per heavy atom. The van der Waals surface area contributed by atoms with Crippen LogP contribution < -0.4 is 10.9 Å². The number of aromatic nitrogens is 2. The minimum Gasteiger partial charge on any atom is -0.267 e. The molecule has 1 aromatic heterocycles. The van der Waals surface area contributed by atoms with Crippen LogP contribution in [0.2, 0.25) is 10.2 Å². The van der Waals surface area contributed by atoms with Gasteiger partial charge in [-0.25, -0.2) is 0 Å². The SMILES string of the molecule is Cc1nn(CC(C)C)c(Cl)c1C(=O)NNC(=O)c1cccc(Cl)c1. The number of nitrogens with zero attached hydrogens (tertiary/aromatic N) is 2. The van der Waals surface area contributed by atoms with Gasteiger partial charge in [0, 0.05) is 17.1 Å². The number of nitrogens with one attached hydrogen (secondary N) is 2. The van der Waals surface area contributed by atoms with Crippen LogP contribution in [0, 0.1) is 12.8 Å². The highest BCUT2D eigenvalue weighted by Crippen LogP contribution is 2.20. The van der Waals surface area contributed by atoms with Crippen molar-refractivity contribution in [2.24, 2.45) is 5.92 Å². The average molecular weight is 369 g/mol. The fourth-order valence-corrected chi connectivity index (χ4v) is 2.68. The summed E-state index contributed by atoms with van der Waals surface area (Å²) >= 11 is 12.1. The standard InChI is InChI=1S/C16H18Cl2N4O2/c1-9(2)8-22-14(18)13(10(3)21-22)16(24)20-19-15(23)11-5-4-6-12(17)7-11/h4-7,9H,8H2,1-3H3,(H,19,23)(H,20,24). The smallest absolute Gasteiger partial charge is 0.267 e. The number of carbonyl (C=O) groups is 2. The van der Waals surface area contributed by atoms with Crippen LogP contribution in [-0.2, 0) is 6.54 Å². The van der Waals surface area contributed by atoms with Gasteiger partial charge >= 0.3 is 0 Å². The lowest BCUT2D eigenvalue weighted by molar-refractivity contribution is 0.0846. The van der Waals surface area contributed by atoms with Gasteiger partial charge in [0.2, 0.25) is 0 Å². The highest BCUT2D eigenvalue weighted by molar-refractivity contribution is 6.33. The van der Waals surface area contributed by atoms with E-state index in [2.05, 4.69) is 16.0 Å². The molecule has 1 aromatic carbocycles. The van der Waals surface area contributed by atoms with Gasteiger partial charge in [0.1, 0.15) is 10.7 Å².